The van der Waals surface area contributed by atoms with E-state index >= 15 is 0 Å². The van der Waals surface area contributed by atoms with E-state index < -0.39 is 18.1 Å². The number of halogens is 2. The van der Waals surface area contributed by atoms with Gasteiger partial charge >= 0.3 is 0 Å². The third-order valence-corrected chi connectivity index (χ3v) is 3.91. The Hall–Kier alpha value is -3.00. The van der Waals surface area contributed by atoms with Crippen LogP contribution < -0.4 is 10.6 Å². The summed E-state index contributed by atoms with van der Waals surface area (Å²) in [5.74, 6) is -1.24. The van der Waals surface area contributed by atoms with Crippen LogP contribution >= 0.6 is 0 Å². The van der Waals surface area contributed by atoms with Crippen molar-refractivity contribution in [1.29, 1.82) is 5.41 Å². The molecule has 0 radical (unpaired) electrons. The molecule has 2 aromatic carbocycles. The predicted molar refractivity (Wildman–Crippen MR) is 99.1 cm³/mol. The van der Waals surface area contributed by atoms with Gasteiger partial charge < -0.3 is 20.6 Å². The number of carbonyl (C=O) groups excluding carboxylic acids is 1. The molecule has 4 N–H and O–H groups in total. The van der Waals surface area contributed by atoms with E-state index in [1.165, 1.54) is 37.3 Å². The molecule has 0 saturated carbocycles. The number of nitrogens with one attached hydrogen (secondary N) is 3. The maximum absolute atomic E-state index is 13.5. The molecule has 0 aliphatic heterocycles. The lowest BCUT2D eigenvalue weighted by Crippen LogP contribution is -2.48. The van der Waals surface area contributed by atoms with E-state index in [-0.39, 0.29) is 24.7 Å². The van der Waals surface area contributed by atoms with Crippen LogP contribution in [0, 0.1) is 24.0 Å². The minimum atomic E-state index is -1.35. The lowest BCUT2D eigenvalue weighted by molar-refractivity contribution is -0.123. The van der Waals surface area contributed by atoms with Crippen LogP contribution in [0.25, 0.3) is 0 Å². The van der Waals surface area contributed by atoms with Gasteiger partial charge in [0.15, 0.2) is 0 Å². The van der Waals surface area contributed by atoms with E-state index in [1.54, 1.807) is 19.1 Å². The molecule has 6 nitrogen and oxygen atoms in total. The summed E-state index contributed by atoms with van der Waals surface area (Å²) < 4.78 is 26.5. The molecule has 1 atom stereocenters. The number of amides is 1. The number of aliphatic hydroxyl groups is 1. The highest BCUT2D eigenvalue weighted by atomic mass is 19.1. The van der Waals surface area contributed by atoms with Crippen molar-refractivity contribution >= 4 is 17.4 Å². The molecule has 27 heavy (non-hydrogen) atoms. The molecule has 0 aromatic heterocycles. The average molecular weight is 376 g/mol. The van der Waals surface area contributed by atoms with Crippen LogP contribution in [0.4, 0.5) is 14.5 Å². The van der Waals surface area contributed by atoms with Crippen molar-refractivity contribution in [2.45, 2.75) is 26.7 Å². The minimum absolute atomic E-state index is 0.0337. The lowest BCUT2D eigenvalue weighted by Gasteiger charge is -2.29. The monoisotopic (exact) mass is 376 g/mol. The SMILES string of the molecule is CC(=N)N(CC(=O)NCc1ccc(C)c(F)c1)C(O)Nc1ccc(F)cc1. The maximum Gasteiger partial charge on any atom is 0.240 e. The highest BCUT2D eigenvalue weighted by molar-refractivity contribution is 5.85. The molecule has 0 aliphatic rings. The molecule has 1 unspecified atom stereocenters. The first kappa shape index (κ1) is 20.3. The van der Waals surface area contributed by atoms with Gasteiger partial charge in [0, 0.05) is 12.2 Å². The Morgan fingerprint density at radius 1 is 1.22 bits per heavy atom. The van der Waals surface area contributed by atoms with Crippen LogP contribution in [0.2, 0.25) is 0 Å². The normalized spacial score (nSPS) is 11.6. The van der Waals surface area contributed by atoms with Gasteiger partial charge in [-0.1, -0.05) is 12.1 Å². The van der Waals surface area contributed by atoms with Crippen LogP contribution in [0.3, 0.4) is 0 Å². The smallest absolute Gasteiger partial charge is 0.240 e. The molecule has 8 heteroatoms. The number of aryl methyl sites for hydroxylation is 1. The Labute approximate surface area is 156 Å². The second-order valence-corrected chi connectivity index (χ2v) is 6.10. The zero-order chi connectivity index (χ0) is 20.0. The summed E-state index contributed by atoms with van der Waals surface area (Å²) in [4.78, 5) is 13.3. The third kappa shape index (κ3) is 6.03. The van der Waals surface area contributed by atoms with Crippen molar-refractivity contribution in [2.24, 2.45) is 0 Å². The molecular weight excluding hydrogens is 354 g/mol. The number of aliphatic hydroxyl groups excluding tert-OH is 1. The number of rotatable bonds is 7. The van der Waals surface area contributed by atoms with Gasteiger partial charge in [0.25, 0.3) is 0 Å². The van der Waals surface area contributed by atoms with Gasteiger partial charge in [-0.15, -0.1) is 0 Å². The molecule has 0 bridgehead atoms. The van der Waals surface area contributed by atoms with E-state index in [4.69, 9.17) is 5.41 Å². The summed E-state index contributed by atoms with van der Waals surface area (Å²) in [5, 5.41) is 23.3. The summed E-state index contributed by atoms with van der Waals surface area (Å²) in [6.07, 6.45) is -1.35. The summed E-state index contributed by atoms with van der Waals surface area (Å²) >= 11 is 0. The third-order valence-electron chi connectivity index (χ3n) is 3.91. The zero-order valence-electron chi connectivity index (χ0n) is 15.1. The number of anilines is 1. The van der Waals surface area contributed by atoms with Gasteiger partial charge in [-0.3, -0.25) is 10.2 Å². The van der Waals surface area contributed by atoms with E-state index in [0.717, 1.165) is 4.90 Å². The Morgan fingerprint density at radius 3 is 2.48 bits per heavy atom. The molecule has 2 rings (SSSR count). The number of benzene rings is 2. The first-order valence-electron chi connectivity index (χ1n) is 8.30. The summed E-state index contributed by atoms with van der Waals surface area (Å²) in [6, 6.07) is 10.0. The molecule has 0 saturated heterocycles. The largest absolute Gasteiger partial charge is 0.356 e. The Bertz CT molecular complexity index is 812. The number of nitrogens with zero attached hydrogens (tertiary/aromatic N) is 1. The van der Waals surface area contributed by atoms with Crippen molar-refractivity contribution in [2.75, 3.05) is 11.9 Å². The van der Waals surface area contributed by atoms with E-state index in [0.29, 0.717) is 16.8 Å². The average Bonchev–Trinajstić information content (AvgIpc) is 2.62. The van der Waals surface area contributed by atoms with Crippen molar-refractivity contribution in [3.05, 3.63) is 65.2 Å². The topological polar surface area (TPSA) is 88.5 Å². The van der Waals surface area contributed by atoms with Crippen molar-refractivity contribution in [1.82, 2.24) is 10.2 Å². The molecule has 0 heterocycles. The van der Waals surface area contributed by atoms with Crippen molar-refractivity contribution < 1.29 is 18.7 Å². The fraction of sp³-hybridized carbons (Fsp3) is 0.263. The number of hydrogen-bond acceptors (Lipinski definition) is 4. The van der Waals surface area contributed by atoms with E-state index in [1.807, 2.05) is 0 Å². The van der Waals surface area contributed by atoms with E-state index in [2.05, 4.69) is 10.6 Å². The predicted octanol–water partition coefficient (Wildman–Crippen LogP) is 2.58. The quantitative estimate of drug-likeness (QED) is 0.340. The van der Waals surface area contributed by atoms with E-state index in [9.17, 15) is 18.7 Å². The minimum Gasteiger partial charge on any atom is -0.356 e. The highest BCUT2D eigenvalue weighted by Crippen LogP contribution is 2.11. The summed E-state index contributed by atoms with van der Waals surface area (Å²) in [5.41, 5.74) is 1.56. The molecular formula is C19H22F2N4O2. The first-order valence-corrected chi connectivity index (χ1v) is 8.30. The van der Waals surface area contributed by atoms with Gasteiger partial charge in [0.2, 0.25) is 12.3 Å². The second kappa shape index (κ2) is 9.09. The molecule has 0 aliphatic carbocycles. The van der Waals surface area contributed by atoms with Crippen LogP contribution in [0.15, 0.2) is 42.5 Å². The van der Waals surface area contributed by atoms with Crippen molar-refractivity contribution in [3.8, 4) is 0 Å². The Balaban J connectivity index is 1.93. The summed E-state index contributed by atoms with van der Waals surface area (Å²) in [7, 11) is 0. The Morgan fingerprint density at radius 2 is 1.89 bits per heavy atom. The van der Waals surface area contributed by atoms with Crippen LogP contribution in [-0.4, -0.2) is 34.6 Å². The first-order chi connectivity index (χ1) is 12.8. The zero-order valence-corrected chi connectivity index (χ0v) is 15.1. The lowest BCUT2D eigenvalue weighted by atomic mass is 10.1. The van der Waals surface area contributed by atoms with Gasteiger partial charge in [0.1, 0.15) is 18.2 Å². The van der Waals surface area contributed by atoms with Crippen LogP contribution in [-0.2, 0) is 11.3 Å². The maximum atomic E-state index is 13.5. The number of carbonyl (C=O) groups is 1. The molecule has 0 spiro atoms. The van der Waals surface area contributed by atoms with Gasteiger partial charge in [-0.05, 0) is 55.3 Å². The Kier molecular flexibility index (Phi) is 6.84. The molecule has 144 valence electrons. The fourth-order valence-corrected chi connectivity index (χ4v) is 2.32. The number of amidine groups is 1. The van der Waals surface area contributed by atoms with Crippen LogP contribution in [0.1, 0.15) is 18.1 Å². The number of hydrogen-bond donors (Lipinski definition) is 4. The van der Waals surface area contributed by atoms with Gasteiger partial charge in [0.05, 0.1) is 5.84 Å². The second-order valence-electron chi connectivity index (χ2n) is 6.10. The molecule has 0 fully saturated rings. The van der Waals surface area contributed by atoms with Gasteiger partial charge in [-0.2, -0.15) is 0 Å². The van der Waals surface area contributed by atoms with Crippen molar-refractivity contribution in [3.63, 3.8) is 0 Å². The van der Waals surface area contributed by atoms with Crippen LogP contribution in [0.5, 0.6) is 0 Å². The highest BCUT2D eigenvalue weighted by Gasteiger charge is 2.19. The standard InChI is InChI=1S/C19H22F2N4O2/c1-12-3-4-14(9-17(12)21)10-23-18(26)11-25(13(2)22)19(27)24-16-7-5-15(20)6-8-16/h3-9,19,22,24,27H,10-11H2,1-2H3,(H,23,26). The molecule has 2 aromatic rings. The summed E-state index contributed by atoms with van der Waals surface area (Å²) in [6.45, 7) is 2.93. The fourth-order valence-electron chi connectivity index (χ4n) is 2.32. The molecule has 1 amide bonds. The van der Waals surface area contributed by atoms with Gasteiger partial charge in [-0.25, -0.2) is 8.78 Å².